The lowest BCUT2D eigenvalue weighted by Gasteiger charge is -2.31. The number of amides is 2. The van der Waals surface area contributed by atoms with E-state index in [0.717, 1.165) is 0 Å². The van der Waals surface area contributed by atoms with E-state index in [1.165, 1.54) is 22.4 Å². The molecular formula is C16H20N4O2S. The maximum absolute atomic E-state index is 12.4. The van der Waals surface area contributed by atoms with Crippen LogP contribution in [0.1, 0.15) is 41.6 Å². The van der Waals surface area contributed by atoms with Crippen LogP contribution in [-0.2, 0) is 0 Å². The second kappa shape index (κ2) is 6.45. The van der Waals surface area contributed by atoms with Crippen molar-refractivity contribution in [1.82, 2.24) is 14.9 Å². The molecule has 122 valence electrons. The average molecular weight is 332 g/mol. The summed E-state index contributed by atoms with van der Waals surface area (Å²) in [4.78, 5) is 36.1. The Labute approximate surface area is 139 Å². The number of rotatable bonds is 3. The van der Waals surface area contributed by atoms with Gasteiger partial charge in [0, 0.05) is 37.4 Å². The van der Waals surface area contributed by atoms with Crippen LogP contribution in [0.2, 0.25) is 0 Å². The van der Waals surface area contributed by atoms with Crippen molar-refractivity contribution in [1.29, 1.82) is 0 Å². The first-order valence-corrected chi connectivity index (χ1v) is 8.01. The third kappa shape index (κ3) is 3.73. The molecule has 2 heterocycles. The summed E-state index contributed by atoms with van der Waals surface area (Å²) in [6, 6.07) is 3.40. The molecule has 0 saturated carbocycles. The molecule has 2 aromatic rings. The fourth-order valence-electron chi connectivity index (χ4n) is 1.76. The van der Waals surface area contributed by atoms with Crippen LogP contribution in [-0.4, -0.2) is 46.3 Å². The summed E-state index contributed by atoms with van der Waals surface area (Å²) in [5.41, 5.74) is 0.524. The highest BCUT2D eigenvalue weighted by Gasteiger charge is 2.26. The van der Waals surface area contributed by atoms with E-state index in [2.05, 4.69) is 9.97 Å². The minimum atomic E-state index is -0.293. The first-order chi connectivity index (χ1) is 10.7. The number of nitrogens with zero attached hydrogens (tertiary/aromatic N) is 4. The number of pyridine rings is 1. The van der Waals surface area contributed by atoms with Gasteiger partial charge in [-0.3, -0.25) is 19.5 Å². The van der Waals surface area contributed by atoms with Crippen molar-refractivity contribution in [2.75, 3.05) is 19.0 Å². The van der Waals surface area contributed by atoms with Crippen LogP contribution >= 0.6 is 11.3 Å². The highest BCUT2D eigenvalue weighted by Crippen LogP contribution is 2.23. The highest BCUT2D eigenvalue weighted by molar-refractivity contribution is 7.14. The summed E-state index contributed by atoms with van der Waals surface area (Å²) < 4.78 is 0. The third-order valence-electron chi connectivity index (χ3n) is 3.52. The fourth-order valence-corrected chi connectivity index (χ4v) is 2.53. The zero-order valence-electron chi connectivity index (χ0n) is 13.9. The van der Waals surface area contributed by atoms with E-state index in [1.54, 1.807) is 42.7 Å². The van der Waals surface area contributed by atoms with Crippen molar-refractivity contribution in [2.45, 2.75) is 26.3 Å². The summed E-state index contributed by atoms with van der Waals surface area (Å²) >= 11 is 1.26. The maximum atomic E-state index is 12.4. The Balaban J connectivity index is 2.19. The molecule has 2 rings (SSSR count). The molecule has 0 spiro atoms. The molecule has 0 aliphatic heterocycles. The van der Waals surface area contributed by atoms with Crippen LogP contribution in [0.3, 0.4) is 0 Å². The SMILES string of the molecule is CN(C(=O)c1cccnc1)c1nc(C(=O)N(C)C(C)(C)C)cs1. The third-order valence-corrected chi connectivity index (χ3v) is 4.44. The van der Waals surface area contributed by atoms with Crippen LogP contribution < -0.4 is 4.90 Å². The Hall–Kier alpha value is -2.28. The quantitative estimate of drug-likeness (QED) is 0.867. The number of carbonyl (C=O) groups excluding carboxylic acids is 2. The van der Waals surface area contributed by atoms with Crippen LogP contribution in [0, 0.1) is 0 Å². The zero-order valence-corrected chi connectivity index (χ0v) is 14.7. The number of hydrogen-bond acceptors (Lipinski definition) is 5. The Morgan fingerprint density at radius 2 is 1.87 bits per heavy atom. The molecule has 0 bridgehead atoms. The van der Waals surface area contributed by atoms with Crippen molar-refractivity contribution < 1.29 is 9.59 Å². The summed E-state index contributed by atoms with van der Waals surface area (Å²) in [7, 11) is 3.38. The van der Waals surface area contributed by atoms with Gasteiger partial charge in [0.2, 0.25) is 0 Å². The van der Waals surface area contributed by atoms with Gasteiger partial charge in [0.25, 0.3) is 11.8 Å². The molecule has 0 atom stereocenters. The summed E-state index contributed by atoms with van der Waals surface area (Å²) in [6.45, 7) is 5.86. The number of aromatic nitrogens is 2. The first kappa shape index (κ1) is 17.1. The predicted molar refractivity (Wildman–Crippen MR) is 90.9 cm³/mol. The lowest BCUT2D eigenvalue weighted by atomic mass is 10.1. The largest absolute Gasteiger partial charge is 0.336 e. The molecule has 6 nitrogen and oxygen atoms in total. The summed E-state index contributed by atoms with van der Waals surface area (Å²) in [6.07, 6.45) is 3.12. The van der Waals surface area contributed by atoms with E-state index in [0.29, 0.717) is 16.4 Å². The molecule has 0 aromatic carbocycles. The number of carbonyl (C=O) groups is 2. The van der Waals surface area contributed by atoms with E-state index in [-0.39, 0.29) is 17.4 Å². The van der Waals surface area contributed by atoms with Crippen molar-refractivity contribution in [3.8, 4) is 0 Å². The van der Waals surface area contributed by atoms with E-state index >= 15 is 0 Å². The Bertz CT molecular complexity index is 706. The molecule has 0 saturated heterocycles. The maximum Gasteiger partial charge on any atom is 0.273 e. The van der Waals surface area contributed by atoms with Gasteiger partial charge in [0.1, 0.15) is 5.69 Å². The van der Waals surface area contributed by atoms with Gasteiger partial charge >= 0.3 is 0 Å². The van der Waals surface area contributed by atoms with Gasteiger partial charge in [-0.05, 0) is 32.9 Å². The molecule has 0 aliphatic carbocycles. The van der Waals surface area contributed by atoms with Gasteiger partial charge in [-0.15, -0.1) is 11.3 Å². The monoisotopic (exact) mass is 332 g/mol. The molecule has 0 unspecified atom stereocenters. The lowest BCUT2D eigenvalue weighted by molar-refractivity contribution is 0.0650. The van der Waals surface area contributed by atoms with E-state index in [9.17, 15) is 9.59 Å². The Kier molecular flexibility index (Phi) is 4.79. The fraction of sp³-hybridized carbons (Fsp3) is 0.375. The molecule has 0 N–H and O–H groups in total. The van der Waals surface area contributed by atoms with Crippen LogP contribution in [0.5, 0.6) is 0 Å². The van der Waals surface area contributed by atoms with Gasteiger partial charge in [-0.25, -0.2) is 4.98 Å². The van der Waals surface area contributed by atoms with Crippen LogP contribution in [0.15, 0.2) is 29.9 Å². The first-order valence-electron chi connectivity index (χ1n) is 7.13. The van der Waals surface area contributed by atoms with Gasteiger partial charge < -0.3 is 4.90 Å². The van der Waals surface area contributed by atoms with E-state index < -0.39 is 0 Å². The molecule has 7 heteroatoms. The standard InChI is InChI=1S/C16H20N4O2S/c1-16(2,3)20(5)14(22)12-10-23-15(18-12)19(4)13(21)11-7-6-8-17-9-11/h6-10H,1-5H3. The van der Waals surface area contributed by atoms with Crippen LogP contribution in [0.25, 0.3) is 0 Å². The molecule has 0 fully saturated rings. The van der Waals surface area contributed by atoms with Gasteiger partial charge in [-0.2, -0.15) is 0 Å². The second-order valence-electron chi connectivity index (χ2n) is 6.16. The Morgan fingerprint density at radius 3 is 2.43 bits per heavy atom. The lowest BCUT2D eigenvalue weighted by Crippen LogP contribution is -2.42. The van der Waals surface area contributed by atoms with Crippen molar-refractivity contribution >= 4 is 28.3 Å². The van der Waals surface area contributed by atoms with Crippen molar-refractivity contribution in [3.63, 3.8) is 0 Å². The van der Waals surface area contributed by atoms with Crippen LogP contribution in [0.4, 0.5) is 5.13 Å². The van der Waals surface area contributed by atoms with Gasteiger partial charge in [0.05, 0.1) is 5.56 Å². The number of thiazole rings is 1. The molecule has 0 aliphatic rings. The molecular weight excluding hydrogens is 312 g/mol. The Morgan fingerprint density at radius 1 is 1.17 bits per heavy atom. The predicted octanol–water partition coefficient (Wildman–Crippen LogP) is 2.69. The highest BCUT2D eigenvalue weighted by atomic mass is 32.1. The van der Waals surface area contributed by atoms with Gasteiger partial charge in [-0.1, -0.05) is 0 Å². The molecule has 23 heavy (non-hydrogen) atoms. The summed E-state index contributed by atoms with van der Waals surface area (Å²) in [5, 5.41) is 2.15. The second-order valence-corrected chi connectivity index (χ2v) is 6.99. The normalized spacial score (nSPS) is 11.2. The minimum absolute atomic E-state index is 0.165. The molecule has 2 amide bonds. The average Bonchev–Trinajstić information content (AvgIpc) is 3.02. The van der Waals surface area contributed by atoms with E-state index in [4.69, 9.17) is 0 Å². The molecule has 2 aromatic heterocycles. The number of hydrogen-bond donors (Lipinski definition) is 0. The topological polar surface area (TPSA) is 66.4 Å². The van der Waals surface area contributed by atoms with E-state index in [1.807, 2.05) is 20.8 Å². The smallest absolute Gasteiger partial charge is 0.273 e. The zero-order chi connectivity index (χ0) is 17.2. The van der Waals surface area contributed by atoms with Gasteiger partial charge in [0.15, 0.2) is 5.13 Å². The molecule has 0 radical (unpaired) electrons. The van der Waals surface area contributed by atoms with Crippen molar-refractivity contribution in [2.24, 2.45) is 0 Å². The number of anilines is 1. The minimum Gasteiger partial charge on any atom is -0.336 e. The summed E-state index contributed by atoms with van der Waals surface area (Å²) in [5.74, 6) is -0.377. The van der Waals surface area contributed by atoms with Crippen molar-refractivity contribution in [3.05, 3.63) is 41.2 Å².